The number of ether oxygens (including phenoxy) is 1. The number of hydrogen-bond acceptors (Lipinski definition) is 4. The molecule has 2 heterocycles. The van der Waals surface area contributed by atoms with Gasteiger partial charge in [0.25, 0.3) is 0 Å². The van der Waals surface area contributed by atoms with Crippen LogP contribution in [0.1, 0.15) is 28.6 Å². The number of nitrogens with zero attached hydrogens (tertiary/aromatic N) is 4. The molecule has 0 bridgehead atoms. The Morgan fingerprint density at radius 1 is 1.12 bits per heavy atom. The molecule has 6 heteroatoms. The van der Waals surface area contributed by atoms with Crippen molar-refractivity contribution in [3.8, 4) is 0 Å². The molecule has 0 spiro atoms. The Morgan fingerprint density at radius 2 is 1.96 bits per heavy atom. The molecule has 0 aliphatic carbocycles. The van der Waals surface area contributed by atoms with E-state index in [0.717, 1.165) is 24.3 Å². The number of benzene rings is 2. The van der Waals surface area contributed by atoms with Gasteiger partial charge in [0.15, 0.2) is 6.23 Å². The average molecular weight is 352 g/mol. The fraction of sp³-hybridized carbons (Fsp3) is 0.300. The molecule has 2 aromatic carbocycles. The van der Waals surface area contributed by atoms with Crippen molar-refractivity contribution in [2.75, 3.05) is 13.2 Å². The van der Waals surface area contributed by atoms with Crippen LogP contribution in [0.25, 0.3) is 0 Å². The largest absolute Gasteiger partial charge is 0.356 e. The van der Waals surface area contributed by atoms with Crippen molar-refractivity contribution < 1.29 is 9.13 Å². The zero-order valence-electron chi connectivity index (χ0n) is 14.7. The zero-order valence-corrected chi connectivity index (χ0v) is 14.7. The van der Waals surface area contributed by atoms with E-state index in [1.807, 2.05) is 6.20 Å². The molecular formula is C20H21FN4O. The molecule has 1 aliphatic heterocycles. The average Bonchev–Trinajstić information content (AvgIpc) is 3.26. The molecular weight excluding hydrogens is 331 g/mol. The van der Waals surface area contributed by atoms with Gasteiger partial charge in [-0.25, -0.2) is 9.07 Å². The van der Waals surface area contributed by atoms with Gasteiger partial charge in [0, 0.05) is 13.1 Å². The first-order valence-electron chi connectivity index (χ1n) is 8.73. The molecule has 26 heavy (non-hydrogen) atoms. The zero-order chi connectivity index (χ0) is 17.9. The first-order chi connectivity index (χ1) is 12.7. The van der Waals surface area contributed by atoms with Gasteiger partial charge in [-0.15, -0.1) is 5.10 Å². The lowest BCUT2D eigenvalue weighted by molar-refractivity contribution is 0.0252. The Hall–Kier alpha value is -2.57. The summed E-state index contributed by atoms with van der Waals surface area (Å²) >= 11 is 0. The Balaban J connectivity index is 1.46. The van der Waals surface area contributed by atoms with E-state index in [4.69, 9.17) is 4.74 Å². The molecule has 134 valence electrons. The summed E-state index contributed by atoms with van der Waals surface area (Å²) in [5.74, 6) is -0.237. The molecule has 1 saturated heterocycles. The summed E-state index contributed by atoms with van der Waals surface area (Å²) in [5.41, 5.74) is 4.30. The van der Waals surface area contributed by atoms with Crippen LogP contribution in [-0.2, 0) is 17.8 Å². The molecule has 0 N–H and O–H groups in total. The molecule has 1 atom stereocenters. The van der Waals surface area contributed by atoms with Crippen molar-refractivity contribution in [3.05, 3.63) is 82.9 Å². The fourth-order valence-electron chi connectivity index (χ4n) is 3.26. The minimum atomic E-state index is -0.237. The maximum Gasteiger partial charge on any atom is 0.157 e. The third-order valence-corrected chi connectivity index (χ3v) is 4.52. The lowest BCUT2D eigenvalue weighted by Crippen LogP contribution is -2.23. The third-order valence-electron chi connectivity index (χ3n) is 4.52. The van der Waals surface area contributed by atoms with Crippen LogP contribution < -0.4 is 0 Å². The summed E-state index contributed by atoms with van der Waals surface area (Å²) in [6.07, 6.45) is 1.72. The quantitative estimate of drug-likeness (QED) is 0.707. The Kier molecular flexibility index (Phi) is 4.77. The number of aryl methyl sites for hydroxylation is 1. The molecule has 1 fully saturated rings. The summed E-state index contributed by atoms with van der Waals surface area (Å²) in [4.78, 5) is 2.26. The third kappa shape index (κ3) is 3.81. The predicted octanol–water partition coefficient (Wildman–Crippen LogP) is 3.30. The van der Waals surface area contributed by atoms with Crippen LogP contribution in [0.5, 0.6) is 0 Å². The molecule has 0 amide bonds. The Bertz CT molecular complexity index is 878. The van der Waals surface area contributed by atoms with Crippen molar-refractivity contribution in [1.82, 2.24) is 19.9 Å². The van der Waals surface area contributed by atoms with Gasteiger partial charge in [0.2, 0.25) is 0 Å². The predicted molar refractivity (Wildman–Crippen MR) is 95.8 cm³/mol. The summed E-state index contributed by atoms with van der Waals surface area (Å²) in [6, 6.07) is 14.9. The highest BCUT2D eigenvalue weighted by Crippen LogP contribution is 2.27. The van der Waals surface area contributed by atoms with E-state index >= 15 is 0 Å². The number of hydrogen-bond donors (Lipinski definition) is 0. The van der Waals surface area contributed by atoms with E-state index in [2.05, 4.69) is 46.4 Å². The fourth-order valence-corrected chi connectivity index (χ4v) is 3.26. The summed E-state index contributed by atoms with van der Waals surface area (Å²) in [6.45, 7) is 5.02. The maximum atomic E-state index is 13.0. The van der Waals surface area contributed by atoms with E-state index in [0.29, 0.717) is 13.2 Å². The molecule has 1 aromatic heterocycles. The highest BCUT2D eigenvalue weighted by atomic mass is 19.1. The van der Waals surface area contributed by atoms with Crippen LogP contribution in [0.15, 0.2) is 54.7 Å². The van der Waals surface area contributed by atoms with E-state index in [-0.39, 0.29) is 12.0 Å². The highest BCUT2D eigenvalue weighted by molar-refractivity contribution is 5.22. The van der Waals surface area contributed by atoms with E-state index in [1.54, 1.807) is 16.8 Å². The normalized spacial score (nSPS) is 17.7. The second kappa shape index (κ2) is 7.35. The van der Waals surface area contributed by atoms with Gasteiger partial charge < -0.3 is 4.74 Å². The van der Waals surface area contributed by atoms with Crippen LogP contribution >= 0.6 is 0 Å². The summed E-state index contributed by atoms with van der Waals surface area (Å²) in [7, 11) is 0. The van der Waals surface area contributed by atoms with Gasteiger partial charge in [-0.3, -0.25) is 4.90 Å². The van der Waals surface area contributed by atoms with Gasteiger partial charge in [-0.05, 0) is 30.2 Å². The lowest BCUT2D eigenvalue weighted by atomic mass is 10.1. The van der Waals surface area contributed by atoms with Crippen LogP contribution in [0, 0.1) is 12.7 Å². The molecule has 0 saturated carbocycles. The smallest absolute Gasteiger partial charge is 0.157 e. The van der Waals surface area contributed by atoms with Gasteiger partial charge in [-0.1, -0.05) is 47.2 Å². The van der Waals surface area contributed by atoms with Crippen molar-refractivity contribution in [1.29, 1.82) is 0 Å². The lowest BCUT2D eigenvalue weighted by Gasteiger charge is -2.21. The summed E-state index contributed by atoms with van der Waals surface area (Å²) in [5, 5.41) is 8.49. The number of aromatic nitrogens is 3. The van der Waals surface area contributed by atoms with Crippen LogP contribution in [0.4, 0.5) is 4.39 Å². The van der Waals surface area contributed by atoms with Gasteiger partial charge in [-0.2, -0.15) is 0 Å². The molecule has 1 unspecified atom stereocenters. The standard InChI is InChI=1S/C20H21FN4O/c1-15-3-2-4-17(11-15)12-24-9-10-26-20(24)19-14-25(23-22-19)13-16-5-7-18(21)8-6-16/h2-8,11,14,20H,9-10,12-13H2,1H3. The molecule has 5 nitrogen and oxygen atoms in total. The maximum absolute atomic E-state index is 13.0. The first-order valence-corrected chi connectivity index (χ1v) is 8.73. The van der Waals surface area contributed by atoms with Gasteiger partial charge in [0.05, 0.1) is 19.3 Å². The minimum Gasteiger partial charge on any atom is -0.356 e. The monoisotopic (exact) mass is 352 g/mol. The number of halogens is 1. The van der Waals surface area contributed by atoms with Crippen LogP contribution in [0.2, 0.25) is 0 Å². The van der Waals surface area contributed by atoms with Crippen molar-refractivity contribution in [3.63, 3.8) is 0 Å². The van der Waals surface area contributed by atoms with E-state index in [9.17, 15) is 4.39 Å². The topological polar surface area (TPSA) is 43.2 Å². The van der Waals surface area contributed by atoms with Crippen molar-refractivity contribution in [2.45, 2.75) is 26.2 Å². The minimum absolute atomic E-state index is 0.183. The second-order valence-corrected chi connectivity index (χ2v) is 6.65. The van der Waals surface area contributed by atoms with E-state index in [1.165, 1.54) is 23.3 Å². The molecule has 1 aliphatic rings. The molecule has 3 aromatic rings. The summed E-state index contributed by atoms with van der Waals surface area (Å²) < 4.78 is 20.7. The Labute approximate surface area is 152 Å². The Morgan fingerprint density at radius 3 is 2.77 bits per heavy atom. The number of rotatable bonds is 5. The van der Waals surface area contributed by atoms with Crippen molar-refractivity contribution >= 4 is 0 Å². The van der Waals surface area contributed by atoms with Crippen LogP contribution in [-0.4, -0.2) is 33.0 Å². The SMILES string of the molecule is Cc1cccc(CN2CCOC2c2cn(Cc3ccc(F)cc3)nn2)c1. The second-order valence-electron chi connectivity index (χ2n) is 6.65. The van der Waals surface area contributed by atoms with E-state index < -0.39 is 0 Å². The van der Waals surface area contributed by atoms with Crippen molar-refractivity contribution in [2.24, 2.45) is 0 Å². The highest BCUT2D eigenvalue weighted by Gasteiger charge is 2.29. The van der Waals surface area contributed by atoms with Crippen LogP contribution in [0.3, 0.4) is 0 Å². The van der Waals surface area contributed by atoms with Gasteiger partial charge in [0.1, 0.15) is 11.5 Å². The van der Waals surface area contributed by atoms with Gasteiger partial charge >= 0.3 is 0 Å². The molecule has 0 radical (unpaired) electrons. The first kappa shape index (κ1) is 16.9. The molecule has 4 rings (SSSR count).